The molecule has 0 amide bonds. The minimum atomic E-state index is -0.519. The Morgan fingerprint density at radius 1 is 0.880 bits per heavy atom. The topological polar surface area (TPSA) is 63.6 Å². The van der Waals surface area contributed by atoms with Gasteiger partial charge in [0.1, 0.15) is 11.5 Å². The lowest BCUT2D eigenvalue weighted by Gasteiger charge is -2.36. The maximum absolute atomic E-state index is 12.6. The van der Waals surface area contributed by atoms with Crippen molar-refractivity contribution >= 4 is 34.8 Å². The standard InChI is InChI=1S/C19H16Cl2O4/c20-10-7-9(8-11(21)19(10)24)16-17-12(22)3-1-5-14(17)25-15-6-2-4-13(23)18(15)16/h7-8,16,24H,1-6H2. The summed E-state index contributed by atoms with van der Waals surface area (Å²) in [6.07, 6.45) is 3.74. The van der Waals surface area contributed by atoms with Crippen LogP contribution >= 0.6 is 23.2 Å². The van der Waals surface area contributed by atoms with Gasteiger partial charge in [0.05, 0.1) is 10.0 Å². The number of ether oxygens (including phenoxy) is 1. The Morgan fingerprint density at radius 2 is 1.36 bits per heavy atom. The second-order valence-corrected chi connectivity index (χ2v) is 7.41. The summed E-state index contributed by atoms with van der Waals surface area (Å²) >= 11 is 12.2. The van der Waals surface area contributed by atoms with Crippen LogP contribution in [0.15, 0.2) is 34.8 Å². The first-order chi connectivity index (χ1) is 12.0. The van der Waals surface area contributed by atoms with E-state index in [1.165, 1.54) is 0 Å². The number of phenolic OH excluding ortho intramolecular Hbond substituents is 1. The van der Waals surface area contributed by atoms with Crippen LogP contribution in [0, 0.1) is 0 Å². The van der Waals surface area contributed by atoms with Crippen molar-refractivity contribution in [3.63, 3.8) is 0 Å². The van der Waals surface area contributed by atoms with Crippen LogP contribution in [0.25, 0.3) is 0 Å². The molecule has 3 aliphatic rings. The van der Waals surface area contributed by atoms with Crippen LogP contribution in [-0.2, 0) is 14.3 Å². The molecule has 0 saturated heterocycles. The zero-order chi connectivity index (χ0) is 17.7. The highest BCUT2D eigenvalue weighted by molar-refractivity contribution is 6.37. The van der Waals surface area contributed by atoms with Crippen LogP contribution in [0.4, 0.5) is 0 Å². The van der Waals surface area contributed by atoms with E-state index in [4.69, 9.17) is 27.9 Å². The molecule has 130 valence electrons. The zero-order valence-electron chi connectivity index (χ0n) is 13.4. The van der Waals surface area contributed by atoms with Crippen molar-refractivity contribution in [2.45, 2.75) is 44.4 Å². The van der Waals surface area contributed by atoms with Gasteiger partial charge in [-0.2, -0.15) is 0 Å². The van der Waals surface area contributed by atoms with E-state index in [0.29, 0.717) is 53.9 Å². The first-order valence-electron chi connectivity index (χ1n) is 8.35. The van der Waals surface area contributed by atoms with Crippen LogP contribution in [0.5, 0.6) is 5.75 Å². The van der Waals surface area contributed by atoms with Crippen LogP contribution in [0.3, 0.4) is 0 Å². The molecule has 0 aromatic heterocycles. The Labute approximate surface area is 155 Å². The van der Waals surface area contributed by atoms with Gasteiger partial charge in [-0.1, -0.05) is 23.2 Å². The number of hydrogen-bond acceptors (Lipinski definition) is 4. The molecule has 0 fully saturated rings. The molecule has 25 heavy (non-hydrogen) atoms. The maximum atomic E-state index is 12.6. The van der Waals surface area contributed by atoms with E-state index >= 15 is 0 Å². The number of rotatable bonds is 1. The Bertz CT molecular complexity index is 801. The Balaban J connectivity index is 1.94. The summed E-state index contributed by atoms with van der Waals surface area (Å²) in [4.78, 5) is 25.3. The number of benzene rings is 1. The molecule has 0 radical (unpaired) electrons. The molecule has 0 saturated carbocycles. The summed E-state index contributed by atoms with van der Waals surface area (Å²) in [6, 6.07) is 3.16. The quantitative estimate of drug-likeness (QED) is 0.759. The van der Waals surface area contributed by atoms with E-state index in [1.54, 1.807) is 12.1 Å². The number of Topliss-reactive ketones (excluding diaryl/α,β-unsaturated/α-hetero) is 2. The second kappa shape index (κ2) is 6.19. The lowest BCUT2D eigenvalue weighted by atomic mass is 9.73. The van der Waals surface area contributed by atoms with E-state index in [2.05, 4.69) is 0 Å². The third-order valence-corrected chi connectivity index (χ3v) is 5.59. The number of phenols is 1. The smallest absolute Gasteiger partial charge is 0.163 e. The highest BCUT2D eigenvalue weighted by Gasteiger charge is 2.42. The van der Waals surface area contributed by atoms with E-state index < -0.39 is 5.92 Å². The average molecular weight is 379 g/mol. The fraction of sp³-hybridized carbons (Fsp3) is 0.368. The van der Waals surface area contributed by atoms with E-state index in [-0.39, 0.29) is 27.4 Å². The largest absolute Gasteiger partial charge is 0.505 e. The molecule has 1 heterocycles. The Kier molecular flexibility index (Phi) is 4.13. The molecular formula is C19H16Cl2O4. The van der Waals surface area contributed by atoms with Crippen molar-refractivity contribution in [1.29, 1.82) is 0 Å². The molecule has 2 aliphatic carbocycles. The number of carbonyl (C=O) groups excluding carboxylic acids is 2. The van der Waals surface area contributed by atoms with Crippen molar-refractivity contribution in [3.8, 4) is 5.75 Å². The monoisotopic (exact) mass is 378 g/mol. The van der Waals surface area contributed by atoms with E-state index in [1.807, 2.05) is 0 Å². The van der Waals surface area contributed by atoms with Gasteiger partial charge in [0.25, 0.3) is 0 Å². The highest BCUT2D eigenvalue weighted by Crippen LogP contribution is 2.49. The van der Waals surface area contributed by atoms with Crippen LogP contribution in [0.1, 0.15) is 50.0 Å². The lowest BCUT2D eigenvalue weighted by molar-refractivity contribution is -0.117. The molecule has 4 nitrogen and oxygen atoms in total. The Hall–Kier alpha value is -1.78. The molecule has 0 atom stereocenters. The van der Waals surface area contributed by atoms with Crippen LogP contribution in [-0.4, -0.2) is 16.7 Å². The third kappa shape index (κ3) is 2.68. The molecular weight excluding hydrogens is 363 g/mol. The predicted octanol–water partition coefficient (Wildman–Crippen LogP) is 4.83. The summed E-state index contributed by atoms with van der Waals surface area (Å²) in [5, 5.41) is 10.1. The minimum absolute atomic E-state index is 0.00325. The third-order valence-electron chi connectivity index (χ3n) is 5.01. The number of hydrogen-bond donors (Lipinski definition) is 1. The second-order valence-electron chi connectivity index (χ2n) is 6.60. The lowest BCUT2D eigenvalue weighted by Crippen LogP contribution is -2.30. The van der Waals surface area contributed by atoms with Crippen molar-refractivity contribution < 1.29 is 19.4 Å². The first kappa shape index (κ1) is 16.7. The molecule has 6 heteroatoms. The van der Waals surface area contributed by atoms with Gasteiger partial charge >= 0.3 is 0 Å². The van der Waals surface area contributed by atoms with Crippen LogP contribution < -0.4 is 0 Å². The fourth-order valence-electron chi connectivity index (χ4n) is 3.90. The fourth-order valence-corrected chi connectivity index (χ4v) is 4.41. The van der Waals surface area contributed by atoms with Gasteiger partial charge in [0.2, 0.25) is 0 Å². The molecule has 1 aliphatic heterocycles. The molecule has 1 aromatic rings. The zero-order valence-corrected chi connectivity index (χ0v) is 14.9. The summed E-state index contributed by atoms with van der Waals surface area (Å²) in [6.45, 7) is 0. The minimum Gasteiger partial charge on any atom is -0.505 e. The van der Waals surface area contributed by atoms with Crippen molar-refractivity contribution in [2.75, 3.05) is 0 Å². The summed E-state index contributed by atoms with van der Waals surface area (Å²) in [5.74, 6) is 0.598. The van der Waals surface area contributed by atoms with Crippen molar-refractivity contribution in [1.82, 2.24) is 0 Å². The molecule has 1 N–H and O–H groups in total. The van der Waals surface area contributed by atoms with Crippen molar-refractivity contribution in [2.24, 2.45) is 0 Å². The first-order valence-corrected chi connectivity index (χ1v) is 9.11. The van der Waals surface area contributed by atoms with Gasteiger partial charge in [-0.15, -0.1) is 0 Å². The maximum Gasteiger partial charge on any atom is 0.163 e. The molecule has 0 spiro atoms. The number of allylic oxidation sites excluding steroid dienone is 4. The average Bonchev–Trinajstić information content (AvgIpc) is 2.58. The van der Waals surface area contributed by atoms with E-state index in [9.17, 15) is 14.7 Å². The molecule has 0 bridgehead atoms. The van der Waals surface area contributed by atoms with Gasteiger partial charge in [-0.25, -0.2) is 0 Å². The van der Waals surface area contributed by atoms with Crippen molar-refractivity contribution in [3.05, 3.63) is 50.4 Å². The van der Waals surface area contributed by atoms with Gasteiger partial charge < -0.3 is 9.84 Å². The molecule has 4 rings (SSSR count). The normalized spacial score (nSPS) is 21.2. The molecule has 1 aromatic carbocycles. The number of carbonyl (C=O) groups is 2. The van der Waals surface area contributed by atoms with Gasteiger partial charge in [-0.05, 0) is 30.5 Å². The predicted molar refractivity (Wildman–Crippen MR) is 93.7 cm³/mol. The summed E-state index contributed by atoms with van der Waals surface area (Å²) in [7, 11) is 0. The summed E-state index contributed by atoms with van der Waals surface area (Å²) < 4.78 is 5.97. The van der Waals surface area contributed by atoms with Gasteiger partial charge in [0, 0.05) is 42.7 Å². The SMILES string of the molecule is O=C1CCCC2=C1C(c1cc(Cl)c(O)c(Cl)c1)C1=C(CCCC1=O)O2. The van der Waals surface area contributed by atoms with Crippen LogP contribution in [0.2, 0.25) is 10.0 Å². The number of ketones is 2. The van der Waals surface area contributed by atoms with E-state index in [0.717, 1.165) is 12.8 Å². The number of halogens is 2. The molecule has 0 unspecified atom stereocenters. The van der Waals surface area contributed by atoms with Gasteiger partial charge in [-0.3, -0.25) is 9.59 Å². The highest BCUT2D eigenvalue weighted by atomic mass is 35.5. The Morgan fingerprint density at radius 3 is 1.84 bits per heavy atom. The summed E-state index contributed by atoms with van der Waals surface area (Å²) in [5.41, 5.74) is 1.72. The number of aromatic hydroxyl groups is 1. The van der Waals surface area contributed by atoms with Gasteiger partial charge in [0.15, 0.2) is 17.3 Å².